The molecule has 0 radical (unpaired) electrons. The van der Waals surface area contributed by atoms with Gasteiger partial charge in [-0.3, -0.25) is 6.58 Å². The Kier molecular flexibility index (Phi) is 28.6. The molecule has 0 spiro atoms. The summed E-state index contributed by atoms with van der Waals surface area (Å²) in [5, 5.41) is 7.44. The van der Waals surface area contributed by atoms with Crippen molar-refractivity contribution in [3.63, 3.8) is 0 Å². The molecule has 0 amide bonds. The number of halogens is 1. The molecule has 0 bridgehead atoms. The van der Waals surface area contributed by atoms with Crippen molar-refractivity contribution >= 4 is 19.8 Å². The number of allylic oxidation sites excluding steroid dienone is 1. The molecule has 0 rings (SSSR count). The van der Waals surface area contributed by atoms with Gasteiger partial charge < -0.3 is 5.26 Å². The quantitative estimate of drug-likeness (QED) is 0.273. The van der Waals surface area contributed by atoms with E-state index in [1.54, 1.807) is 6.07 Å². The third-order valence-electron chi connectivity index (χ3n) is 0.0745. The summed E-state index contributed by atoms with van der Waals surface area (Å²) in [7, 11) is 0. The maximum absolute atomic E-state index is 7.44. The molecule has 0 unspecified atom stereocenters. The van der Waals surface area contributed by atoms with E-state index >= 15 is 0 Å². The molecule has 0 heterocycles. The van der Waals surface area contributed by atoms with Crippen LogP contribution >= 0.6 is 19.8 Å². The van der Waals surface area contributed by atoms with Gasteiger partial charge in [0.15, 0.2) is 0 Å². The molecule has 0 aromatic heterocycles. The summed E-state index contributed by atoms with van der Waals surface area (Å²) in [6, 6.07) is 1.58. The van der Waals surface area contributed by atoms with Crippen LogP contribution in [0.15, 0.2) is 6.08 Å². The number of rotatable bonds is 0. The molecule has 1 nitrogen and oxygen atoms in total. The van der Waals surface area contributed by atoms with Crippen molar-refractivity contribution in [1.82, 2.24) is 0 Å². The van der Waals surface area contributed by atoms with Crippen molar-refractivity contribution < 1.29 is 14.8 Å². The number of hydrogen-bond acceptors (Lipinski definition) is 1. The Bertz CT molecular complexity index is 56.3. The van der Waals surface area contributed by atoms with Gasteiger partial charge in [-0.15, -0.1) is 6.07 Å². The fourth-order valence-electron chi connectivity index (χ4n) is 0. The first-order chi connectivity index (χ1) is 2.91. The van der Waals surface area contributed by atoms with Crippen LogP contribution in [0.2, 0.25) is 0 Å². The van der Waals surface area contributed by atoms with E-state index in [1.807, 2.05) is 0 Å². The Morgan fingerprint density at radius 2 is 2.00 bits per heavy atom. The van der Waals surface area contributed by atoms with Crippen molar-refractivity contribution in [3.05, 3.63) is 12.7 Å². The second kappa shape index (κ2) is 17.6. The van der Waals surface area contributed by atoms with Crippen LogP contribution in [0, 0.1) is 17.9 Å². The molecule has 0 saturated carbocycles. The van der Waals surface area contributed by atoms with Crippen LogP contribution in [-0.4, -0.2) is 0 Å². The summed E-state index contributed by atoms with van der Waals surface area (Å²) in [6.07, 6.45) is 0.931. The van der Waals surface area contributed by atoms with Gasteiger partial charge in [0.25, 0.3) is 0 Å². The standard InChI is InChI=1S/C3H2N.HI.Zn/c1-2-3-4;;/h1-2H;1H;/q-1;;+2/p-1. The van der Waals surface area contributed by atoms with Crippen molar-refractivity contribution in [1.29, 1.82) is 5.26 Å². The van der Waals surface area contributed by atoms with E-state index in [4.69, 9.17) is 5.26 Å². The van der Waals surface area contributed by atoms with E-state index in [0.717, 1.165) is 6.08 Å². The molecule has 0 aromatic rings. The van der Waals surface area contributed by atoms with E-state index in [-0.39, 0.29) is 0 Å². The van der Waals surface area contributed by atoms with Crippen LogP contribution in [0.4, 0.5) is 0 Å². The van der Waals surface area contributed by atoms with Crippen LogP contribution in [0.25, 0.3) is 0 Å². The van der Waals surface area contributed by atoms with Crippen molar-refractivity contribution in [3.8, 4) is 6.07 Å². The Hall–Kier alpha value is 0.583. The first kappa shape index (κ1) is 9.77. The first-order valence-electron chi connectivity index (χ1n) is 1.11. The van der Waals surface area contributed by atoms with Crippen LogP contribution in [0.3, 0.4) is 0 Å². The zero-order chi connectivity index (χ0) is 5.41. The molecule has 0 fully saturated rings. The van der Waals surface area contributed by atoms with E-state index in [2.05, 4.69) is 26.3 Å². The number of hydrogen-bond donors (Lipinski definition) is 0. The molecule has 0 aliphatic rings. The zero-order valence-corrected chi connectivity index (χ0v) is 8.31. The molecule has 0 aromatic carbocycles. The molecular formula is C3H2INZn. The average Bonchev–Trinajstić information content (AvgIpc) is 1.72. The monoisotopic (exact) mass is 243 g/mol. The fourth-order valence-corrected chi connectivity index (χ4v) is 0. The topological polar surface area (TPSA) is 23.8 Å². The summed E-state index contributed by atoms with van der Waals surface area (Å²) in [5.41, 5.74) is 0. The van der Waals surface area contributed by atoms with Crippen LogP contribution in [0.5, 0.6) is 0 Å². The van der Waals surface area contributed by atoms with Crippen LogP contribution < -0.4 is 0 Å². The molecule has 0 saturated heterocycles. The minimum absolute atomic E-state index is 0.931. The summed E-state index contributed by atoms with van der Waals surface area (Å²) in [5.74, 6) is 0. The van der Waals surface area contributed by atoms with E-state index in [1.165, 1.54) is 14.8 Å². The van der Waals surface area contributed by atoms with Gasteiger partial charge in [0, 0.05) is 0 Å². The van der Waals surface area contributed by atoms with E-state index in [9.17, 15) is 0 Å². The molecule has 0 atom stereocenters. The van der Waals surface area contributed by atoms with Gasteiger partial charge in [-0.25, -0.2) is 0 Å². The molecule has 0 aliphatic heterocycles. The Morgan fingerprint density at radius 3 is 2.00 bits per heavy atom. The molecular weight excluding hydrogens is 242 g/mol. The SMILES string of the molecule is [CH-]=CC#N.[Zn+][I]. The summed E-state index contributed by atoms with van der Waals surface area (Å²) in [4.78, 5) is 0. The Labute approximate surface area is 58.3 Å². The predicted octanol–water partition coefficient (Wildman–Crippen LogP) is 1.38. The van der Waals surface area contributed by atoms with Gasteiger partial charge in [-0.05, 0) is 0 Å². The number of nitrogens with zero attached hydrogens (tertiary/aromatic N) is 1. The minimum atomic E-state index is 0.931. The fraction of sp³-hybridized carbons (Fsp3) is 0. The van der Waals surface area contributed by atoms with Crippen molar-refractivity contribution in [2.45, 2.75) is 0 Å². The Morgan fingerprint density at radius 1 is 1.83 bits per heavy atom. The zero-order valence-electron chi connectivity index (χ0n) is 3.19. The molecule has 28 valence electrons. The summed E-state index contributed by atoms with van der Waals surface area (Å²) in [6.45, 7) is 4.54. The van der Waals surface area contributed by atoms with Crippen LogP contribution in [-0.2, 0) is 14.8 Å². The average molecular weight is 244 g/mol. The van der Waals surface area contributed by atoms with Gasteiger partial charge >= 0.3 is 34.5 Å². The van der Waals surface area contributed by atoms with Gasteiger partial charge in [-0.2, -0.15) is 6.08 Å². The second-order valence-corrected chi connectivity index (χ2v) is 0.296. The molecule has 0 aliphatic carbocycles. The van der Waals surface area contributed by atoms with Gasteiger partial charge in [-0.1, -0.05) is 0 Å². The first-order valence-corrected chi connectivity index (χ1v) is 10.2. The predicted molar refractivity (Wildman–Crippen MR) is 28.5 cm³/mol. The molecule has 3 heteroatoms. The number of nitriles is 1. The third-order valence-corrected chi connectivity index (χ3v) is 0.0745. The van der Waals surface area contributed by atoms with E-state index in [0.29, 0.717) is 0 Å². The van der Waals surface area contributed by atoms with Gasteiger partial charge in [0.2, 0.25) is 0 Å². The third kappa shape index (κ3) is 23.5. The molecule has 6 heavy (non-hydrogen) atoms. The summed E-state index contributed by atoms with van der Waals surface area (Å²) >= 11 is 3.62. The normalized spacial score (nSPS) is 3.67. The second-order valence-electron chi connectivity index (χ2n) is 0.296. The Balaban J connectivity index is 0. The van der Waals surface area contributed by atoms with Gasteiger partial charge in [0.05, 0.1) is 0 Å². The summed E-state index contributed by atoms with van der Waals surface area (Å²) < 4.78 is 0. The molecule has 0 N–H and O–H groups in total. The van der Waals surface area contributed by atoms with Crippen molar-refractivity contribution in [2.75, 3.05) is 0 Å². The van der Waals surface area contributed by atoms with Gasteiger partial charge in [0.1, 0.15) is 0 Å². The van der Waals surface area contributed by atoms with E-state index < -0.39 is 0 Å². The van der Waals surface area contributed by atoms with Crippen molar-refractivity contribution in [2.24, 2.45) is 0 Å². The van der Waals surface area contributed by atoms with Crippen LogP contribution in [0.1, 0.15) is 0 Å². The maximum atomic E-state index is 7.44.